The Hall–Kier alpha value is -3.92. The predicted octanol–water partition coefficient (Wildman–Crippen LogP) is 5.80. The molecule has 1 aliphatic heterocycles. The highest BCUT2D eigenvalue weighted by Crippen LogP contribution is 2.31. The Morgan fingerprint density at radius 3 is 2.65 bits per heavy atom. The summed E-state index contributed by atoms with van der Waals surface area (Å²) in [5.41, 5.74) is 2.77. The minimum absolute atomic E-state index is 0.129. The van der Waals surface area contributed by atoms with Gasteiger partial charge in [0.1, 0.15) is 12.1 Å². The van der Waals surface area contributed by atoms with Crippen LogP contribution in [-0.2, 0) is 31.0 Å². The lowest BCUT2D eigenvalue weighted by atomic mass is 10.0. The molecule has 0 spiro atoms. The first-order chi connectivity index (χ1) is 17.7. The number of aromatic nitrogens is 3. The van der Waals surface area contributed by atoms with Gasteiger partial charge in [-0.1, -0.05) is 6.07 Å². The topological polar surface area (TPSA) is 72.3 Å². The Morgan fingerprint density at radius 1 is 1.11 bits per heavy atom. The number of nitrogens with zero attached hydrogens (tertiary/aromatic N) is 4. The Labute approximate surface area is 212 Å². The number of rotatable bonds is 5. The Bertz CT molecular complexity index is 1380. The molecule has 194 valence electrons. The number of nitrogens with one attached hydrogen (secondary N) is 1. The molecule has 1 amide bonds. The van der Waals surface area contributed by atoms with E-state index >= 15 is 0 Å². The minimum Gasteiger partial charge on any atom is -0.439 e. The first kappa shape index (κ1) is 26.2. The summed E-state index contributed by atoms with van der Waals surface area (Å²) in [5.74, 6) is 1.51. The zero-order valence-corrected chi connectivity index (χ0v) is 20.8. The number of fused-ring (bicyclic) bond motifs is 2. The van der Waals surface area contributed by atoms with Crippen LogP contribution >= 0.6 is 0 Å². The van der Waals surface area contributed by atoms with Gasteiger partial charge in [0.2, 0.25) is 12.3 Å². The molecule has 0 bridgehead atoms. The molecule has 1 N–H and O–H groups in total. The van der Waals surface area contributed by atoms with Gasteiger partial charge < -0.3 is 14.6 Å². The average Bonchev–Trinajstić information content (AvgIpc) is 3.24. The van der Waals surface area contributed by atoms with Gasteiger partial charge in [-0.2, -0.15) is 13.2 Å². The maximum Gasteiger partial charge on any atom is 0.416 e. The fraction of sp³-hybridized carbons (Fsp3) is 0.296. The number of alkyl halides is 3. The van der Waals surface area contributed by atoms with Crippen molar-refractivity contribution < 1.29 is 22.7 Å². The van der Waals surface area contributed by atoms with E-state index < -0.39 is 11.7 Å². The fourth-order valence-electron chi connectivity index (χ4n) is 4.16. The van der Waals surface area contributed by atoms with Crippen LogP contribution in [-0.4, -0.2) is 38.4 Å². The number of benzene rings is 2. The van der Waals surface area contributed by atoms with Crippen molar-refractivity contribution in [1.82, 2.24) is 19.4 Å². The summed E-state index contributed by atoms with van der Waals surface area (Å²) < 4.78 is 44.5. The zero-order valence-electron chi connectivity index (χ0n) is 20.8. The molecular formula is C27H28F3N5O2. The maximum atomic E-state index is 12.1. The molecule has 0 radical (unpaired) electrons. The number of amides is 1. The summed E-state index contributed by atoms with van der Waals surface area (Å²) in [7, 11) is 2.05. The SMILES string of the molecule is CC(C)N1CCc2c(ncnc2Oc2ccc3c(ccn3C)c2)C1.O=CNc1cccc(C(F)(F)F)c1. The van der Waals surface area contributed by atoms with Gasteiger partial charge in [0.05, 0.1) is 11.3 Å². The molecule has 5 rings (SSSR count). The smallest absolute Gasteiger partial charge is 0.416 e. The van der Waals surface area contributed by atoms with E-state index in [4.69, 9.17) is 4.74 Å². The number of carbonyl (C=O) groups excluding carboxylic acids is 1. The summed E-state index contributed by atoms with van der Waals surface area (Å²) in [6, 6.07) is 13.2. The molecule has 37 heavy (non-hydrogen) atoms. The molecule has 2 aromatic carbocycles. The third-order valence-corrected chi connectivity index (χ3v) is 6.21. The van der Waals surface area contributed by atoms with Gasteiger partial charge in [0, 0.05) is 54.5 Å². The molecule has 0 aliphatic carbocycles. The quantitative estimate of drug-likeness (QED) is 0.343. The highest BCUT2D eigenvalue weighted by atomic mass is 19.4. The lowest BCUT2D eigenvalue weighted by Crippen LogP contribution is -2.36. The van der Waals surface area contributed by atoms with Gasteiger partial charge in [0.15, 0.2) is 0 Å². The average molecular weight is 512 g/mol. The molecule has 4 aromatic rings. The van der Waals surface area contributed by atoms with E-state index in [1.54, 1.807) is 6.33 Å². The summed E-state index contributed by atoms with van der Waals surface area (Å²) in [6.45, 7) is 6.33. The second kappa shape index (κ2) is 11.0. The summed E-state index contributed by atoms with van der Waals surface area (Å²) in [6.07, 6.45) is 0.549. The molecule has 0 saturated carbocycles. The van der Waals surface area contributed by atoms with Crippen molar-refractivity contribution >= 4 is 23.0 Å². The van der Waals surface area contributed by atoms with Crippen molar-refractivity contribution in [3.05, 3.63) is 77.9 Å². The summed E-state index contributed by atoms with van der Waals surface area (Å²) >= 11 is 0. The van der Waals surface area contributed by atoms with E-state index in [1.807, 2.05) is 13.1 Å². The van der Waals surface area contributed by atoms with Crippen molar-refractivity contribution in [1.29, 1.82) is 0 Å². The zero-order chi connectivity index (χ0) is 26.6. The van der Waals surface area contributed by atoms with Gasteiger partial charge in [-0.15, -0.1) is 0 Å². The molecular weight excluding hydrogens is 483 g/mol. The van der Waals surface area contributed by atoms with Gasteiger partial charge in [-0.05, 0) is 62.7 Å². The fourth-order valence-corrected chi connectivity index (χ4v) is 4.16. The highest BCUT2D eigenvalue weighted by Gasteiger charge is 2.30. The second-order valence-electron chi connectivity index (χ2n) is 9.01. The maximum absolute atomic E-state index is 12.1. The minimum atomic E-state index is -4.37. The first-order valence-corrected chi connectivity index (χ1v) is 11.8. The standard InChI is InChI=1S/C19H22N4O.C8H6F3NO/c1-13(2)23-9-7-16-17(11-23)20-12-21-19(16)24-15-4-5-18-14(10-15)6-8-22(18)3;9-8(10,11)6-2-1-3-7(4-6)12-5-13/h4-6,8,10,12-13H,7,9,11H2,1-3H3;1-5H,(H,12,13). The van der Waals surface area contributed by atoms with E-state index in [0.29, 0.717) is 18.3 Å². The van der Waals surface area contributed by atoms with Gasteiger partial charge in [-0.25, -0.2) is 9.97 Å². The molecule has 0 atom stereocenters. The molecule has 7 nitrogen and oxygen atoms in total. The number of aryl methyl sites for hydroxylation is 1. The van der Waals surface area contributed by atoms with Crippen LogP contribution in [0.15, 0.2) is 61.1 Å². The number of halogens is 3. The van der Waals surface area contributed by atoms with Gasteiger partial charge in [0.25, 0.3) is 0 Å². The van der Waals surface area contributed by atoms with E-state index in [0.717, 1.165) is 48.6 Å². The number of hydrogen-bond acceptors (Lipinski definition) is 5. The normalized spacial score (nSPS) is 13.6. The van der Waals surface area contributed by atoms with Crippen LogP contribution < -0.4 is 10.1 Å². The monoisotopic (exact) mass is 511 g/mol. The van der Waals surface area contributed by atoms with E-state index in [-0.39, 0.29) is 5.69 Å². The van der Waals surface area contributed by atoms with Gasteiger partial charge in [-0.3, -0.25) is 9.69 Å². The Kier molecular flexibility index (Phi) is 7.77. The van der Waals surface area contributed by atoms with E-state index in [1.165, 1.54) is 23.0 Å². The lowest BCUT2D eigenvalue weighted by Gasteiger charge is -2.31. The molecule has 3 heterocycles. The molecule has 2 aromatic heterocycles. The third-order valence-electron chi connectivity index (χ3n) is 6.21. The van der Waals surface area contributed by atoms with Crippen molar-refractivity contribution in [2.75, 3.05) is 11.9 Å². The highest BCUT2D eigenvalue weighted by molar-refractivity contribution is 5.81. The molecule has 0 unspecified atom stereocenters. The first-order valence-electron chi connectivity index (χ1n) is 11.8. The van der Waals surface area contributed by atoms with Crippen molar-refractivity contribution in [2.24, 2.45) is 7.05 Å². The molecule has 10 heteroatoms. The molecule has 0 saturated heterocycles. The molecule has 1 aliphatic rings. The van der Waals surface area contributed by atoms with Crippen LogP contribution in [0.4, 0.5) is 18.9 Å². The van der Waals surface area contributed by atoms with Crippen molar-refractivity contribution in [3.8, 4) is 11.6 Å². The van der Waals surface area contributed by atoms with Crippen LogP contribution in [0.2, 0.25) is 0 Å². The van der Waals surface area contributed by atoms with Crippen LogP contribution in [0.3, 0.4) is 0 Å². The summed E-state index contributed by atoms with van der Waals surface area (Å²) in [4.78, 5) is 21.2. The number of carbonyl (C=O) groups is 1. The summed E-state index contributed by atoms with van der Waals surface area (Å²) in [5, 5.41) is 3.31. The van der Waals surface area contributed by atoms with E-state index in [9.17, 15) is 18.0 Å². The second-order valence-corrected chi connectivity index (χ2v) is 9.01. The van der Waals surface area contributed by atoms with Crippen LogP contribution in [0.5, 0.6) is 11.6 Å². The number of ether oxygens (including phenoxy) is 1. The third kappa shape index (κ3) is 6.26. The van der Waals surface area contributed by atoms with Crippen LogP contribution in [0, 0.1) is 0 Å². The van der Waals surface area contributed by atoms with Gasteiger partial charge >= 0.3 is 6.18 Å². The van der Waals surface area contributed by atoms with Crippen LogP contribution in [0.1, 0.15) is 30.7 Å². The molecule has 0 fully saturated rings. The largest absolute Gasteiger partial charge is 0.439 e. The number of hydrogen-bond donors (Lipinski definition) is 1. The lowest BCUT2D eigenvalue weighted by molar-refractivity contribution is -0.137. The Balaban J connectivity index is 0.000000209. The van der Waals surface area contributed by atoms with Crippen molar-refractivity contribution in [2.45, 2.75) is 39.0 Å². The van der Waals surface area contributed by atoms with Crippen LogP contribution in [0.25, 0.3) is 10.9 Å². The Morgan fingerprint density at radius 2 is 1.92 bits per heavy atom. The predicted molar refractivity (Wildman–Crippen MR) is 135 cm³/mol. The number of anilines is 1. The van der Waals surface area contributed by atoms with E-state index in [2.05, 4.69) is 63.0 Å². The van der Waals surface area contributed by atoms with Crippen molar-refractivity contribution in [3.63, 3.8) is 0 Å².